The second kappa shape index (κ2) is 3.48. The molecule has 0 aromatic carbocycles. The van der Waals surface area contributed by atoms with Crippen molar-refractivity contribution >= 4 is 12.4 Å². The fourth-order valence-corrected chi connectivity index (χ4v) is 0.507. The second-order valence-electron chi connectivity index (χ2n) is 1.65. The lowest BCUT2D eigenvalue weighted by molar-refractivity contribution is 0.411. The maximum atomic E-state index is 5.27. The van der Waals surface area contributed by atoms with Gasteiger partial charge in [-0.05, 0) is 6.92 Å². The SMILES string of the molecule is Cc1conc1CN.Cl. The van der Waals surface area contributed by atoms with Gasteiger partial charge in [0.2, 0.25) is 0 Å². The first-order valence-electron chi connectivity index (χ1n) is 2.44. The lowest BCUT2D eigenvalue weighted by Gasteiger charge is -1.83. The Morgan fingerprint density at radius 1 is 1.78 bits per heavy atom. The highest BCUT2D eigenvalue weighted by Crippen LogP contribution is 2.01. The average Bonchev–Trinajstić information content (AvgIpc) is 2.14. The molecule has 2 N–H and O–H groups in total. The van der Waals surface area contributed by atoms with E-state index in [0.717, 1.165) is 11.3 Å². The first kappa shape index (κ1) is 8.46. The molecule has 0 fully saturated rings. The zero-order valence-electron chi connectivity index (χ0n) is 5.13. The summed E-state index contributed by atoms with van der Waals surface area (Å²) in [5, 5.41) is 3.63. The van der Waals surface area contributed by atoms with Crippen molar-refractivity contribution in [2.24, 2.45) is 5.73 Å². The highest BCUT2D eigenvalue weighted by Gasteiger charge is 1.96. The van der Waals surface area contributed by atoms with Crippen molar-refractivity contribution in [1.29, 1.82) is 0 Å². The molecule has 52 valence electrons. The Bertz CT molecular complexity index is 175. The molecule has 0 unspecified atom stereocenters. The van der Waals surface area contributed by atoms with Crippen LogP contribution in [0.2, 0.25) is 0 Å². The van der Waals surface area contributed by atoms with E-state index < -0.39 is 0 Å². The van der Waals surface area contributed by atoms with Crippen LogP contribution in [0.1, 0.15) is 11.3 Å². The van der Waals surface area contributed by atoms with Crippen molar-refractivity contribution in [2.75, 3.05) is 0 Å². The molecule has 0 spiro atoms. The third kappa shape index (κ3) is 1.69. The lowest BCUT2D eigenvalue weighted by Crippen LogP contribution is -1.97. The second-order valence-corrected chi connectivity index (χ2v) is 1.65. The predicted molar refractivity (Wildman–Crippen MR) is 36.4 cm³/mol. The molecule has 9 heavy (non-hydrogen) atoms. The Labute approximate surface area is 59.6 Å². The normalized spacial score (nSPS) is 8.67. The van der Waals surface area contributed by atoms with Crippen LogP contribution in [0.3, 0.4) is 0 Å². The van der Waals surface area contributed by atoms with Crippen LogP contribution in [0, 0.1) is 6.92 Å². The molecule has 0 aliphatic carbocycles. The standard InChI is InChI=1S/C5H8N2O.ClH/c1-4-3-8-7-5(4)2-6;/h3H,2,6H2,1H3;1H. The largest absolute Gasteiger partial charge is 0.364 e. The molecule has 3 nitrogen and oxygen atoms in total. The third-order valence-electron chi connectivity index (χ3n) is 1.04. The van der Waals surface area contributed by atoms with Crippen LogP contribution >= 0.6 is 12.4 Å². The Morgan fingerprint density at radius 3 is 2.67 bits per heavy atom. The summed E-state index contributed by atoms with van der Waals surface area (Å²) in [7, 11) is 0. The minimum atomic E-state index is 0. The van der Waals surface area contributed by atoms with Crippen molar-refractivity contribution in [3.05, 3.63) is 17.5 Å². The minimum Gasteiger partial charge on any atom is -0.364 e. The molecule has 0 amide bonds. The number of nitrogens with two attached hydrogens (primary N) is 1. The van der Waals surface area contributed by atoms with E-state index >= 15 is 0 Å². The van der Waals surface area contributed by atoms with Gasteiger partial charge in [-0.25, -0.2) is 0 Å². The van der Waals surface area contributed by atoms with Gasteiger partial charge in [0.25, 0.3) is 0 Å². The van der Waals surface area contributed by atoms with Crippen molar-refractivity contribution in [3.8, 4) is 0 Å². The van der Waals surface area contributed by atoms with Gasteiger partial charge in [-0.1, -0.05) is 5.16 Å². The number of aryl methyl sites for hydroxylation is 1. The zero-order valence-corrected chi connectivity index (χ0v) is 5.94. The van der Waals surface area contributed by atoms with Crippen molar-refractivity contribution in [2.45, 2.75) is 13.5 Å². The highest BCUT2D eigenvalue weighted by atomic mass is 35.5. The van der Waals surface area contributed by atoms with E-state index in [1.807, 2.05) is 6.92 Å². The molecule has 1 rings (SSSR count). The molecule has 1 heterocycles. The van der Waals surface area contributed by atoms with Crippen molar-refractivity contribution in [3.63, 3.8) is 0 Å². The van der Waals surface area contributed by atoms with E-state index in [4.69, 9.17) is 5.73 Å². The van der Waals surface area contributed by atoms with Crippen molar-refractivity contribution in [1.82, 2.24) is 5.16 Å². The van der Waals surface area contributed by atoms with Crippen molar-refractivity contribution < 1.29 is 4.52 Å². The van der Waals surface area contributed by atoms with Gasteiger partial charge in [-0.3, -0.25) is 0 Å². The van der Waals surface area contributed by atoms with Crippen LogP contribution in [0.4, 0.5) is 0 Å². The van der Waals surface area contributed by atoms with Crippen LogP contribution in [0.25, 0.3) is 0 Å². The van der Waals surface area contributed by atoms with E-state index in [1.54, 1.807) is 6.26 Å². The van der Waals surface area contributed by atoms with Gasteiger partial charge in [0.15, 0.2) is 0 Å². The highest BCUT2D eigenvalue weighted by molar-refractivity contribution is 5.85. The first-order chi connectivity index (χ1) is 3.84. The minimum absolute atomic E-state index is 0. The molecule has 0 atom stereocenters. The van der Waals surface area contributed by atoms with Gasteiger partial charge in [0, 0.05) is 12.1 Å². The van der Waals surface area contributed by atoms with E-state index in [1.165, 1.54) is 0 Å². The molecule has 1 aromatic heterocycles. The summed E-state index contributed by atoms with van der Waals surface area (Å²) in [5.41, 5.74) is 7.13. The van der Waals surface area contributed by atoms with E-state index in [0.29, 0.717) is 6.54 Å². The fraction of sp³-hybridized carbons (Fsp3) is 0.400. The van der Waals surface area contributed by atoms with Crippen LogP contribution in [0.15, 0.2) is 10.8 Å². The lowest BCUT2D eigenvalue weighted by atomic mass is 10.3. The smallest absolute Gasteiger partial charge is 0.127 e. The first-order valence-corrected chi connectivity index (χ1v) is 2.44. The molecular weight excluding hydrogens is 140 g/mol. The molecule has 1 aromatic rings. The maximum Gasteiger partial charge on any atom is 0.127 e. The Balaban J connectivity index is 0.000000640. The Morgan fingerprint density at radius 2 is 2.44 bits per heavy atom. The van der Waals surface area contributed by atoms with E-state index in [2.05, 4.69) is 9.68 Å². The van der Waals surface area contributed by atoms with Crippen LogP contribution in [-0.2, 0) is 6.54 Å². The van der Waals surface area contributed by atoms with Gasteiger partial charge in [0.1, 0.15) is 6.26 Å². The fourth-order valence-electron chi connectivity index (χ4n) is 0.507. The number of rotatable bonds is 1. The van der Waals surface area contributed by atoms with Gasteiger partial charge < -0.3 is 10.3 Å². The predicted octanol–water partition coefficient (Wildman–Crippen LogP) is 0.864. The zero-order chi connectivity index (χ0) is 5.98. The summed E-state index contributed by atoms with van der Waals surface area (Å²) in [6.45, 7) is 2.38. The number of hydrogen-bond acceptors (Lipinski definition) is 3. The maximum absolute atomic E-state index is 5.27. The molecule has 0 aliphatic rings. The Kier molecular flexibility index (Phi) is 3.27. The summed E-state index contributed by atoms with van der Waals surface area (Å²) in [6.07, 6.45) is 1.59. The topological polar surface area (TPSA) is 52.0 Å². The van der Waals surface area contributed by atoms with Gasteiger partial charge >= 0.3 is 0 Å². The molecule has 4 heteroatoms. The monoisotopic (exact) mass is 148 g/mol. The molecule has 0 aliphatic heterocycles. The number of halogens is 1. The van der Waals surface area contributed by atoms with E-state index in [-0.39, 0.29) is 12.4 Å². The van der Waals surface area contributed by atoms with Gasteiger partial charge in [-0.15, -0.1) is 12.4 Å². The summed E-state index contributed by atoms with van der Waals surface area (Å²) in [5.74, 6) is 0. The summed E-state index contributed by atoms with van der Waals surface area (Å²) < 4.78 is 4.61. The Hall–Kier alpha value is -0.540. The van der Waals surface area contributed by atoms with Crippen LogP contribution in [0.5, 0.6) is 0 Å². The van der Waals surface area contributed by atoms with E-state index in [9.17, 15) is 0 Å². The number of aromatic nitrogens is 1. The summed E-state index contributed by atoms with van der Waals surface area (Å²) >= 11 is 0. The molecular formula is C5H9ClN2O. The molecule has 0 saturated heterocycles. The third-order valence-corrected chi connectivity index (χ3v) is 1.04. The molecule has 0 radical (unpaired) electrons. The number of nitrogens with zero attached hydrogens (tertiary/aromatic N) is 1. The number of hydrogen-bond donors (Lipinski definition) is 1. The van der Waals surface area contributed by atoms with Crippen LogP contribution < -0.4 is 5.73 Å². The molecule has 0 bridgehead atoms. The summed E-state index contributed by atoms with van der Waals surface area (Å²) in [4.78, 5) is 0. The quantitative estimate of drug-likeness (QED) is 0.643. The summed E-state index contributed by atoms with van der Waals surface area (Å²) in [6, 6.07) is 0. The average molecular weight is 149 g/mol. The van der Waals surface area contributed by atoms with Crippen LogP contribution in [-0.4, -0.2) is 5.16 Å². The van der Waals surface area contributed by atoms with Gasteiger partial charge in [0.05, 0.1) is 5.69 Å². The van der Waals surface area contributed by atoms with Gasteiger partial charge in [-0.2, -0.15) is 0 Å². The molecule has 0 saturated carbocycles.